The molecule has 2 rings (SSSR count). The molecule has 2 aliphatic rings. The van der Waals surface area contributed by atoms with Crippen LogP contribution in [0.1, 0.15) is 59.3 Å². The summed E-state index contributed by atoms with van der Waals surface area (Å²) < 4.78 is 0. The molecule has 0 radical (unpaired) electrons. The van der Waals surface area contributed by atoms with E-state index in [1.807, 2.05) is 6.92 Å². The highest BCUT2D eigenvalue weighted by atomic mass is 16.3. The van der Waals surface area contributed by atoms with Gasteiger partial charge < -0.3 is 5.11 Å². The fraction of sp³-hybridized carbons (Fsp3) is 1.00. The highest BCUT2D eigenvalue weighted by molar-refractivity contribution is 4.90. The fourth-order valence-electron chi connectivity index (χ4n) is 3.58. The van der Waals surface area contributed by atoms with Gasteiger partial charge in [-0.15, -0.1) is 0 Å². The average Bonchev–Trinajstić information content (AvgIpc) is 2.29. The van der Waals surface area contributed by atoms with Crippen molar-refractivity contribution >= 4 is 0 Å². The number of fused-ring (bicyclic) bond motifs is 1. The molecule has 2 fully saturated rings. The van der Waals surface area contributed by atoms with Crippen LogP contribution in [-0.2, 0) is 0 Å². The van der Waals surface area contributed by atoms with E-state index < -0.39 is 0 Å². The van der Waals surface area contributed by atoms with Gasteiger partial charge in [0, 0.05) is 18.0 Å². The standard InChI is InChI=1S/C15H29NO/c1-12(17)15(2,3)11-16-10-6-8-13-7-4-5-9-14(13)16/h12-14,17H,4-11H2,1-3H3/t12?,13-,14-/m1/s1. The Labute approximate surface area is 106 Å². The number of hydrogen-bond donors (Lipinski definition) is 1. The van der Waals surface area contributed by atoms with Crippen LogP contribution in [0.15, 0.2) is 0 Å². The molecular weight excluding hydrogens is 210 g/mol. The third-order valence-corrected chi connectivity index (χ3v) is 5.10. The first-order valence-corrected chi connectivity index (χ1v) is 7.43. The zero-order valence-electron chi connectivity index (χ0n) is 11.8. The van der Waals surface area contributed by atoms with Crippen molar-refractivity contribution in [3.05, 3.63) is 0 Å². The third-order valence-electron chi connectivity index (χ3n) is 5.10. The summed E-state index contributed by atoms with van der Waals surface area (Å²) in [6.45, 7) is 8.64. The maximum Gasteiger partial charge on any atom is 0.0575 e. The lowest BCUT2D eigenvalue weighted by molar-refractivity contribution is -0.0126. The zero-order chi connectivity index (χ0) is 12.5. The van der Waals surface area contributed by atoms with E-state index in [0.717, 1.165) is 18.5 Å². The van der Waals surface area contributed by atoms with Crippen LogP contribution in [0.3, 0.4) is 0 Å². The molecule has 0 spiro atoms. The molecule has 0 aromatic carbocycles. The van der Waals surface area contributed by atoms with Crippen molar-refractivity contribution < 1.29 is 5.11 Å². The fourth-order valence-corrected chi connectivity index (χ4v) is 3.58. The Balaban J connectivity index is 1.99. The maximum atomic E-state index is 9.88. The van der Waals surface area contributed by atoms with Gasteiger partial charge in [0.15, 0.2) is 0 Å². The Hall–Kier alpha value is -0.0800. The Kier molecular flexibility index (Phi) is 4.14. The molecule has 2 nitrogen and oxygen atoms in total. The Morgan fingerprint density at radius 1 is 1.18 bits per heavy atom. The van der Waals surface area contributed by atoms with E-state index in [2.05, 4.69) is 18.7 Å². The van der Waals surface area contributed by atoms with Crippen LogP contribution in [-0.4, -0.2) is 35.2 Å². The molecule has 0 amide bonds. The maximum absolute atomic E-state index is 9.88. The van der Waals surface area contributed by atoms with Crippen molar-refractivity contribution in [1.29, 1.82) is 0 Å². The Morgan fingerprint density at radius 2 is 1.82 bits per heavy atom. The highest BCUT2D eigenvalue weighted by Crippen LogP contribution is 2.37. The predicted octanol–water partition coefficient (Wildman–Crippen LogP) is 3.05. The van der Waals surface area contributed by atoms with Crippen LogP contribution in [0.25, 0.3) is 0 Å². The number of nitrogens with zero attached hydrogens (tertiary/aromatic N) is 1. The number of rotatable bonds is 3. The van der Waals surface area contributed by atoms with Crippen molar-refractivity contribution in [3.8, 4) is 0 Å². The summed E-state index contributed by atoms with van der Waals surface area (Å²) in [4.78, 5) is 2.68. The molecule has 0 bridgehead atoms. The molecular formula is C15H29NO. The van der Waals surface area contributed by atoms with E-state index >= 15 is 0 Å². The van der Waals surface area contributed by atoms with Gasteiger partial charge in [-0.2, -0.15) is 0 Å². The summed E-state index contributed by atoms with van der Waals surface area (Å²) in [5.74, 6) is 0.947. The minimum Gasteiger partial charge on any atom is -0.393 e. The largest absolute Gasteiger partial charge is 0.393 e. The van der Waals surface area contributed by atoms with E-state index in [1.54, 1.807) is 0 Å². The van der Waals surface area contributed by atoms with Crippen LogP contribution >= 0.6 is 0 Å². The van der Waals surface area contributed by atoms with E-state index in [0.29, 0.717) is 0 Å². The summed E-state index contributed by atoms with van der Waals surface area (Å²) in [5, 5.41) is 9.88. The van der Waals surface area contributed by atoms with Gasteiger partial charge in [0.25, 0.3) is 0 Å². The molecule has 0 aromatic rings. The number of piperidine rings is 1. The molecule has 1 N–H and O–H groups in total. The molecule has 1 heterocycles. The molecule has 1 saturated carbocycles. The molecule has 1 aliphatic carbocycles. The zero-order valence-corrected chi connectivity index (χ0v) is 11.8. The Morgan fingerprint density at radius 3 is 2.53 bits per heavy atom. The highest BCUT2D eigenvalue weighted by Gasteiger charge is 2.36. The van der Waals surface area contributed by atoms with Crippen molar-refractivity contribution in [2.45, 2.75) is 71.4 Å². The Bertz CT molecular complexity index is 247. The first kappa shape index (κ1) is 13.4. The number of hydrogen-bond acceptors (Lipinski definition) is 2. The second-order valence-electron chi connectivity index (χ2n) is 6.89. The van der Waals surface area contributed by atoms with E-state index in [1.165, 1.54) is 45.1 Å². The van der Waals surface area contributed by atoms with Crippen LogP contribution in [0.5, 0.6) is 0 Å². The lowest BCUT2D eigenvalue weighted by Crippen LogP contribution is -2.51. The van der Waals surface area contributed by atoms with Gasteiger partial charge in [0.2, 0.25) is 0 Å². The summed E-state index contributed by atoms with van der Waals surface area (Å²) in [7, 11) is 0. The number of aliphatic hydroxyl groups is 1. The third kappa shape index (κ3) is 3.03. The number of aliphatic hydroxyl groups excluding tert-OH is 1. The van der Waals surface area contributed by atoms with Crippen molar-refractivity contribution in [2.75, 3.05) is 13.1 Å². The minimum absolute atomic E-state index is 0.0271. The quantitative estimate of drug-likeness (QED) is 0.818. The van der Waals surface area contributed by atoms with Crippen LogP contribution in [0.4, 0.5) is 0 Å². The van der Waals surface area contributed by atoms with E-state index in [4.69, 9.17) is 0 Å². The first-order chi connectivity index (χ1) is 8.00. The summed E-state index contributed by atoms with van der Waals surface area (Å²) in [5.41, 5.74) is 0.0271. The average molecular weight is 239 g/mol. The molecule has 17 heavy (non-hydrogen) atoms. The van der Waals surface area contributed by atoms with Gasteiger partial charge in [-0.3, -0.25) is 4.90 Å². The molecule has 2 heteroatoms. The lowest BCUT2D eigenvalue weighted by Gasteiger charge is -2.47. The second kappa shape index (κ2) is 5.27. The van der Waals surface area contributed by atoms with Gasteiger partial charge >= 0.3 is 0 Å². The predicted molar refractivity (Wildman–Crippen MR) is 72.0 cm³/mol. The summed E-state index contributed by atoms with van der Waals surface area (Å²) in [6, 6.07) is 0.815. The summed E-state index contributed by atoms with van der Waals surface area (Å²) in [6.07, 6.45) is 8.26. The normalized spacial score (nSPS) is 33.2. The molecule has 3 atom stereocenters. The van der Waals surface area contributed by atoms with Gasteiger partial charge in [-0.05, 0) is 45.1 Å². The number of likely N-dealkylation sites (tertiary alicyclic amines) is 1. The minimum atomic E-state index is -0.216. The van der Waals surface area contributed by atoms with E-state index in [9.17, 15) is 5.11 Å². The monoisotopic (exact) mass is 239 g/mol. The van der Waals surface area contributed by atoms with Gasteiger partial charge in [0.1, 0.15) is 0 Å². The van der Waals surface area contributed by atoms with Crippen LogP contribution in [0, 0.1) is 11.3 Å². The van der Waals surface area contributed by atoms with Gasteiger partial charge in [-0.25, -0.2) is 0 Å². The van der Waals surface area contributed by atoms with E-state index in [-0.39, 0.29) is 11.5 Å². The molecule has 100 valence electrons. The lowest BCUT2D eigenvalue weighted by atomic mass is 9.76. The molecule has 1 saturated heterocycles. The molecule has 1 unspecified atom stereocenters. The summed E-state index contributed by atoms with van der Waals surface area (Å²) >= 11 is 0. The van der Waals surface area contributed by atoms with Crippen LogP contribution < -0.4 is 0 Å². The smallest absolute Gasteiger partial charge is 0.0575 e. The van der Waals surface area contributed by atoms with Crippen molar-refractivity contribution in [1.82, 2.24) is 4.90 Å². The van der Waals surface area contributed by atoms with Crippen molar-refractivity contribution in [3.63, 3.8) is 0 Å². The topological polar surface area (TPSA) is 23.5 Å². The van der Waals surface area contributed by atoms with Gasteiger partial charge in [0.05, 0.1) is 6.10 Å². The van der Waals surface area contributed by atoms with Gasteiger partial charge in [-0.1, -0.05) is 26.7 Å². The molecule has 1 aliphatic heterocycles. The SMILES string of the molecule is CC(O)C(C)(C)CN1CCC[C@H]2CCCC[C@H]21. The first-order valence-electron chi connectivity index (χ1n) is 7.43. The van der Waals surface area contributed by atoms with Crippen molar-refractivity contribution in [2.24, 2.45) is 11.3 Å². The van der Waals surface area contributed by atoms with Crippen LogP contribution in [0.2, 0.25) is 0 Å². The second-order valence-corrected chi connectivity index (χ2v) is 6.89. The molecule has 0 aromatic heterocycles.